The van der Waals surface area contributed by atoms with Crippen molar-refractivity contribution in [1.82, 2.24) is 10.3 Å². The second-order valence-electron chi connectivity index (χ2n) is 5.64. The molecule has 1 aromatic heterocycles. The number of morpholine rings is 1. The van der Waals surface area contributed by atoms with Gasteiger partial charge in [-0.05, 0) is 36.2 Å². The molecule has 1 fully saturated rings. The molecule has 2 heterocycles. The van der Waals surface area contributed by atoms with E-state index in [1.807, 2.05) is 30.3 Å². The molecule has 0 aliphatic carbocycles. The van der Waals surface area contributed by atoms with E-state index < -0.39 is 0 Å². The number of aromatic nitrogens is 1. The zero-order valence-electron chi connectivity index (χ0n) is 13.4. The Morgan fingerprint density at radius 3 is 2.79 bits per heavy atom. The van der Waals surface area contributed by atoms with E-state index in [0.29, 0.717) is 17.3 Å². The number of carbonyl (C=O) groups excluding carboxylic acids is 1. The molecule has 0 saturated carbocycles. The SMILES string of the molecule is O=C(NCCc1cccc(Cl)c1)c1ccc(N2CCOCC2)cn1. The van der Waals surface area contributed by atoms with Crippen molar-refractivity contribution in [2.24, 2.45) is 0 Å². The third-order valence-corrected chi connectivity index (χ3v) is 4.18. The van der Waals surface area contributed by atoms with Crippen LogP contribution in [0.1, 0.15) is 16.1 Å². The molecule has 5 nitrogen and oxygen atoms in total. The maximum atomic E-state index is 12.2. The van der Waals surface area contributed by atoms with E-state index >= 15 is 0 Å². The van der Waals surface area contributed by atoms with Crippen molar-refractivity contribution >= 4 is 23.2 Å². The molecule has 0 radical (unpaired) electrons. The van der Waals surface area contributed by atoms with Crippen molar-refractivity contribution in [3.63, 3.8) is 0 Å². The van der Waals surface area contributed by atoms with Gasteiger partial charge in [0.1, 0.15) is 5.69 Å². The molecule has 0 spiro atoms. The Kier molecular flexibility index (Phi) is 5.67. The predicted molar refractivity (Wildman–Crippen MR) is 94.8 cm³/mol. The Hall–Kier alpha value is -2.11. The lowest BCUT2D eigenvalue weighted by atomic mass is 10.1. The Labute approximate surface area is 146 Å². The van der Waals surface area contributed by atoms with Crippen LogP contribution in [-0.2, 0) is 11.2 Å². The van der Waals surface area contributed by atoms with Crippen LogP contribution < -0.4 is 10.2 Å². The molecule has 3 rings (SSSR count). The number of rotatable bonds is 5. The molecule has 0 bridgehead atoms. The van der Waals surface area contributed by atoms with Gasteiger partial charge in [0, 0.05) is 24.7 Å². The Balaban J connectivity index is 1.51. The Bertz CT molecular complexity index is 685. The maximum Gasteiger partial charge on any atom is 0.269 e. The zero-order valence-corrected chi connectivity index (χ0v) is 14.1. The normalized spacial score (nSPS) is 14.5. The van der Waals surface area contributed by atoms with E-state index in [9.17, 15) is 4.79 Å². The van der Waals surface area contributed by atoms with Crippen molar-refractivity contribution < 1.29 is 9.53 Å². The first kappa shape index (κ1) is 16.7. The lowest BCUT2D eigenvalue weighted by Crippen LogP contribution is -2.36. The number of pyridine rings is 1. The molecule has 1 aromatic carbocycles. The number of nitrogens with zero attached hydrogens (tertiary/aromatic N) is 2. The fourth-order valence-electron chi connectivity index (χ4n) is 2.63. The van der Waals surface area contributed by atoms with Crippen LogP contribution in [0.3, 0.4) is 0 Å². The van der Waals surface area contributed by atoms with Gasteiger partial charge in [-0.15, -0.1) is 0 Å². The van der Waals surface area contributed by atoms with Crippen LogP contribution in [-0.4, -0.2) is 43.7 Å². The van der Waals surface area contributed by atoms with Gasteiger partial charge in [0.25, 0.3) is 5.91 Å². The lowest BCUT2D eigenvalue weighted by molar-refractivity contribution is 0.0949. The van der Waals surface area contributed by atoms with Gasteiger partial charge < -0.3 is 15.0 Å². The number of amides is 1. The van der Waals surface area contributed by atoms with Gasteiger partial charge in [0.05, 0.1) is 25.1 Å². The van der Waals surface area contributed by atoms with Crippen LogP contribution in [0.25, 0.3) is 0 Å². The second kappa shape index (κ2) is 8.13. The standard InChI is InChI=1S/C18H20ClN3O2/c19-15-3-1-2-14(12-15)6-7-20-18(23)17-5-4-16(13-21-17)22-8-10-24-11-9-22/h1-5,12-13H,6-11H2,(H,20,23). The quantitative estimate of drug-likeness (QED) is 0.904. The summed E-state index contributed by atoms with van der Waals surface area (Å²) in [4.78, 5) is 18.6. The minimum Gasteiger partial charge on any atom is -0.378 e. The van der Waals surface area contributed by atoms with Crippen LogP contribution >= 0.6 is 11.6 Å². The molecule has 24 heavy (non-hydrogen) atoms. The smallest absolute Gasteiger partial charge is 0.269 e. The van der Waals surface area contributed by atoms with E-state index in [2.05, 4.69) is 15.2 Å². The van der Waals surface area contributed by atoms with E-state index in [4.69, 9.17) is 16.3 Å². The fourth-order valence-corrected chi connectivity index (χ4v) is 2.85. The summed E-state index contributed by atoms with van der Waals surface area (Å²) in [6.07, 6.45) is 2.48. The summed E-state index contributed by atoms with van der Waals surface area (Å²) in [5, 5.41) is 3.60. The van der Waals surface area contributed by atoms with Crippen molar-refractivity contribution in [2.45, 2.75) is 6.42 Å². The van der Waals surface area contributed by atoms with Crippen LogP contribution in [0, 0.1) is 0 Å². The molecule has 6 heteroatoms. The number of nitrogens with one attached hydrogen (secondary N) is 1. The molecule has 1 saturated heterocycles. The number of ether oxygens (including phenoxy) is 1. The number of hydrogen-bond acceptors (Lipinski definition) is 4. The molecular weight excluding hydrogens is 326 g/mol. The lowest BCUT2D eigenvalue weighted by Gasteiger charge is -2.28. The van der Waals surface area contributed by atoms with Gasteiger partial charge in [-0.1, -0.05) is 23.7 Å². The van der Waals surface area contributed by atoms with Crippen LogP contribution in [0.15, 0.2) is 42.6 Å². The Morgan fingerprint density at radius 1 is 1.25 bits per heavy atom. The highest BCUT2D eigenvalue weighted by Crippen LogP contribution is 2.15. The van der Waals surface area contributed by atoms with Gasteiger partial charge >= 0.3 is 0 Å². The molecule has 2 aromatic rings. The average Bonchev–Trinajstić information content (AvgIpc) is 2.63. The summed E-state index contributed by atoms with van der Waals surface area (Å²) in [5.41, 5.74) is 2.55. The molecule has 126 valence electrons. The van der Waals surface area contributed by atoms with Crippen molar-refractivity contribution in [2.75, 3.05) is 37.7 Å². The summed E-state index contributed by atoms with van der Waals surface area (Å²) in [7, 11) is 0. The van der Waals surface area contributed by atoms with Gasteiger partial charge in [-0.2, -0.15) is 0 Å². The molecule has 1 aliphatic heterocycles. The van der Waals surface area contributed by atoms with Gasteiger partial charge in [-0.25, -0.2) is 4.98 Å². The number of halogens is 1. The number of anilines is 1. The highest BCUT2D eigenvalue weighted by atomic mass is 35.5. The van der Waals surface area contributed by atoms with E-state index in [1.54, 1.807) is 12.3 Å². The highest BCUT2D eigenvalue weighted by Gasteiger charge is 2.13. The molecule has 0 unspecified atom stereocenters. The van der Waals surface area contributed by atoms with Crippen molar-refractivity contribution in [1.29, 1.82) is 0 Å². The first-order valence-electron chi connectivity index (χ1n) is 8.04. The van der Waals surface area contributed by atoms with Crippen molar-refractivity contribution in [3.05, 3.63) is 58.9 Å². The third kappa shape index (κ3) is 4.46. The summed E-state index contributed by atoms with van der Waals surface area (Å²) in [6.45, 7) is 3.71. The first-order chi connectivity index (χ1) is 11.7. The third-order valence-electron chi connectivity index (χ3n) is 3.95. The highest BCUT2D eigenvalue weighted by molar-refractivity contribution is 6.30. The summed E-state index contributed by atoms with van der Waals surface area (Å²) in [6, 6.07) is 11.3. The van der Waals surface area contributed by atoms with Gasteiger partial charge in [0.15, 0.2) is 0 Å². The number of hydrogen-bond donors (Lipinski definition) is 1. The van der Waals surface area contributed by atoms with E-state index in [0.717, 1.165) is 44.0 Å². The van der Waals surface area contributed by atoms with Gasteiger partial charge in [-0.3, -0.25) is 4.79 Å². The van der Waals surface area contributed by atoms with Gasteiger partial charge in [0.2, 0.25) is 0 Å². The minimum absolute atomic E-state index is 0.162. The largest absolute Gasteiger partial charge is 0.378 e. The van der Waals surface area contributed by atoms with Crippen molar-refractivity contribution in [3.8, 4) is 0 Å². The molecule has 1 aliphatic rings. The Morgan fingerprint density at radius 2 is 2.08 bits per heavy atom. The monoisotopic (exact) mass is 345 g/mol. The van der Waals surface area contributed by atoms with E-state index in [-0.39, 0.29) is 5.91 Å². The second-order valence-corrected chi connectivity index (χ2v) is 6.07. The zero-order chi connectivity index (χ0) is 16.8. The fraction of sp³-hybridized carbons (Fsp3) is 0.333. The predicted octanol–water partition coefficient (Wildman–Crippen LogP) is 2.54. The molecule has 1 N–H and O–H groups in total. The average molecular weight is 346 g/mol. The topological polar surface area (TPSA) is 54.5 Å². The molecule has 1 amide bonds. The summed E-state index contributed by atoms with van der Waals surface area (Å²) in [5.74, 6) is -0.162. The molecule has 0 atom stereocenters. The number of benzene rings is 1. The van der Waals surface area contributed by atoms with Crippen LogP contribution in [0.2, 0.25) is 5.02 Å². The first-order valence-corrected chi connectivity index (χ1v) is 8.41. The summed E-state index contributed by atoms with van der Waals surface area (Å²) < 4.78 is 5.34. The van der Waals surface area contributed by atoms with Crippen LogP contribution in [0.5, 0.6) is 0 Å². The summed E-state index contributed by atoms with van der Waals surface area (Å²) >= 11 is 5.95. The number of carbonyl (C=O) groups is 1. The van der Waals surface area contributed by atoms with E-state index in [1.165, 1.54) is 0 Å². The maximum absolute atomic E-state index is 12.2. The minimum atomic E-state index is -0.162. The molecular formula is C18H20ClN3O2. The van der Waals surface area contributed by atoms with Crippen LogP contribution in [0.4, 0.5) is 5.69 Å².